The second-order valence-electron chi connectivity index (χ2n) is 10.6. The van der Waals surface area contributed by atoms with E-state index >= 15 is 0 Å². The number of nitrogens with zero attached hydrogens (tertiary/aromatic N) is 1. The topological polar surface area (TPSA) is 149 Å². The quantitative estimate of drug-likeness (QED) is 0.139. The summed E-state index contributed by atoms with van der Waals surface area (Å²) in [6.45, 7) is 3.61. The highest BCUT2D eigenvalue weighted by Crippen LogP contribution is 2.47. The number of aromatic nitrogens is 2. The summed E-state index contributed by atoms with van der Waals surface area (Å²) in [7, 11) is 4.27. The number of rotatable bonds is 10. The minimum Gasteiger partial charge on any atom is -0.497 e. The Balaban J connectivity index is 1.65. The third kappa shape index (κ3) is 5.68. The van der Waals surface area contributed by atoms with Crippen LogP contribution in [0.15, 0.2) is 101 Å². The van der Waals surface area contributed by atoms with Crippen molar-refractivity contribution in [2.75, 3.05) is 21.3 Å². The van der Waals surface area contributed by atoms with E-state index in [1.807, 2.05) is 54.6 Å². The number of H-pyrrole nitrogens is 1. The average Bonchev–Trinajstić information content (AvgIpc) is 3.46. The fraction of sp³-hybridized carbons (Fsp3) is 0.265. The Kier molecular flexibility index (Phi) is 9.05. The maximum absolute atomic E-state index is 12.9. The molecule has 0 bridgehead atoms. The van der Waals surface area contributed by atoms with Crippen LogP contribution in [0.1, 0.15) is 34.9 Å². The maximum atomic E-state index is 12.9. The fourth-order valence-electron chi connectivity index (χ4n) is 5.95. The second kappa shape index (κ2) is 12.9. The number of carbonyl (C=O) groups excluding carboxylic acids is 1. The fourth-order valence-corrected chi connectivity index (χ4v) is 5.95. The van der Waals surface area contributed by atoms with Crippen LogP contribution < -0.4 is 20.7 Å². The smallest absolute Gasteiger partial charge is 0.338 e. The van der Waals surface area contributed by atoms with Gasteiger partial charge < -0.3 is 29.2 Å². The van der Waals surface area contributed by atoms with Crippen molar-refractivity contribution in [1.82, 2.24) is 9.55 Å². The molecule has 1 aliphatic heterocycles. The maximum Gasteiger partial charge on any atom is 0.338 e. The van der Waals surface area contributed by atoms with Crippen molar-refractivity contribution in [1.29, 1.82) is 0 Å². The van der Waals surface area contributed by atoms with Gasteiger partial charge in [0.05, 0.1) is 44.0 Å². The summed E-state index contributed by atoms with van der Waals surface area (Å²) in [6.07, 6.45) is -3.93. The number of benzene rings is 3. The van der Waals surface area contributed by atoms with Gasteiger partial charge in [-0.25, -0.2) is 9.59 Å². The molecule has 1 aromatic heterocycles. The van der Waals surface area contributed by atoms with Crippen LogP contribution in [-0.4, -0.2) is 65.4 Å². The van der Waals surface area contributed by atoms with Crippen LogP contribution in [0.5, 0.6) is 11.5 Å². The average molecular weight is 615 g/mol. The first-order chi connectivity index (χ1) is 21.6. The second-order valence-corrected chi connectivity index (χ2v) is 10.6. The van der Waals surface area contributed by atoms with Crippen molar-refractivity contribution >= 4 is 11.5 Å². The lowest BCUT2D eigenvalue weighted by atomic mass is 9.64. The largest absolute Gasteiger partial charge is 0.497 e. The van der Waals surface area contributed by atoms with Gasteiger partial charge in [0.25, 0.3) is 5.56 Å². The number of carbonyl (C=O) groups is 1. The molecule has 1 fully saturated rings. The molecule has 0 aliphatic carbocycles. The predicted molar refractivity (Wildman–Crippen MR) is 165 cm³/mol. The van der Waals surface area contributed by atoms with E-state index in [9.17, 15) is 24.6 Å². The number of hydrogen-bond donors (Lipinski definition) is 3. The van der Waals surface area contributed by atoms with Crippen LogP contribution in [-0.2, 0) is 19.7 Å². The molecule has 4 atom stereocenters. The van der Waals surface area contributed by atoms with Crippen molar-refractivity contribution < 1.29 is 34.0 Å². The Bertz CT molecular complexity index is 1730. The van der Waals surface area contributed by atoms with Gasteiger partial charge in [-0.3, -0.25) is 14.3 Å². The summed E-state index contributed by atoms with van der Waals surface area (Å²) in [6, 6.07) is 23.9. The molecular weight excluding hydrogens is 580 g/mol. The van der Waals surface area contributed by atoms with Crippen LogP contribution in [0.2, 0.25) is 0 Å². The number of aliphatic hydroxyl groups excluding tert-OH is 2. The molecule has 4 aromatic rings. The molecule has 11 nitrogen and oxygen atoms in total. The van der Waals surface area contributed by atoms with Crippen LogP contribution >= 0.6 is 0 Å². The molecule has 2 heterocycles. The molecule has 0 spiro atoms. The summed E-state index contributed by atoms with van der Waals surface area (Å²) >= 11 is 0. The van der Waals surface area contributed by atoms with E-state index in [4.69, 9.17) is 14.2 Å². The van der Waals surface area contributed by atoms with Crippen molar-refractivity contribution in [3.63, 3.8) is 0 Å². The van der Waals surface area contributed by atoms with Gasteiger partial charge in [-0.05, 0) is 41.0 Å². The van der Waals surface area contributed by atoms with Gasteiger partial charge in [0, 0.05) is 12.6 Å². The number of hydrogen-bond acceptors (Lipinski definition) is 9. The molecule has 1 aliphatic rings. The van der Waals surface area contributed by atoms with Gasteiger partial charge in [0.15, 0.2) is 0 Å². The molecule has 45 heavy (non-hydrogen) atoms. The van der Waals surface area contributed by atoms with Crippen LogP contribution in [0.4, 0.5) is 0 Å². The van der Waals surface area contributed by atoms with E-state index in [2.05, 4.69) is 16.3 Å². The highest BCUT2D eigenvalue weighted by molar-refractivity contribution is 6.15. The summed E-state index contributed by atoms with van der Waals surface area (Å²) < 4.78 is 22.8. The summed E-state index contributed by atoms with van der Waals surface area (Å²) in [5.74, 6) is 0.380. The van der Waals surface area contributed by atoms with Crippen molar-refractivity contribution in [3.05, 3.63) is 135 Å². The summed E-state index contributed by atoms with van der Waals surface area (Å²) in [4.78, 5) is 39.7. The predicted octanol–water partition coefficient (Wildman–Crippen LogP) is 2.78. The number of aliphatic hydroxyl groups is 2. The third-order valence-corrected chi connectivity index (χ3v) is 8.25. The molecular formula is C34H34N2O9. The van der Waals surface area contributed by atoms with Crippen molar-refractivity contribution in [3.8, 4) is 11.5 Å². The highest BCUT2D eigenvalue weighted by atomic mass is 16.5. The minimum atomic E-state index is -1.41. The Morgan fingerprint density at radius 1 is 0.933 bits per heavy atom. The van der Waals surface area contributed by atoms with Crippen molar-refractivity contribution in [2.24, 2.45) is 0 Å². The van der Waals surface area contributed by atoms with E-state index in [1.54, 1.807) is 38.5 Å². The lowest BCUT2D eigenvalue weighted by Crippen LogP contribution is -2.51. The van der Waals surface area contributed by atoms with Crippen LogP contribution in [0, 0.1) is 0 Å². The van der Waals surface area contributed by atoms with Crippen LogP contribution in [0.3, 0.4) is 0 Å². The normalized spacial score (nSPS) is 18.6. The Hall–Kier alpha value is -4.97. The highest BCUT2D eigenvalue weighted by Gasteiger charge is 2.52. The van der Waals surface area contributed by atoms with E-state index in [1.165, 1.54) is 0 Å². The Labute approximate surface area is 258 Å². The zero-order chi connectivity index (χ0) is 32.3. The monoisotopic (exact) mass is 614 g/mol. The zero-order valence-corrected chi connectivity index (χ0v) is 25.0. The lowest BCUT2D eigenvalue weighted by molar-refractivity contribution is -0.133. The van der Waals surface area contributed by atoms with Crippen molar-refractivity contribution in [2.45, 2.75) is 36.4 Å². The first-order valence-corrected chi connectivity index (χ1v) is 14.1. The molecule has 1 saturated heterocycles. The molecule has 234 valence electrons. The number of nitrogens with one attached hydrogen (secondary N) is 1. The molecule has 0 radical (unpaired) electrons. The Morgan fingerprint density at radius 3 is 1.98 bits per heavy atom. The number of esters is 1. The van der Waals surface area contributed by atoms with E-state index in [-0.39, 0.29) is 17.6 Å². The molecule has 0 saturated carbocycles. The molecule has 1 unspecified atom stereocenters. The minimum absolute atomic E-state index is 0.103. The van der Waals surface area contributed by atoms with Crippen LogP contribution in [0.25, 0.3) is 5.57 Å². The number of aromatic amines is 1. The first-order valence-electron chi connectivity index (χ1n) is 14.1. The zero-order valence-electron chi connectivity index (χ0n) is 25.0. The lowest BCUT2D eigenvalue weighted by Gasteiger charge is -2.43. The first kappa shape index (κ1) is 31.5. The standard InChI is InChI=1S/C34H34N2O9/c1-20(32(40)44-4)26-19-36(33(41)35-31(26)39)28-18-27(37)29(45-28)30(38)34(21-8-6-5-7-9-21,22-10-14-24(42-2)15-11-22)23-12-16-25(43-3)17-13-23/h5-17,19,27-30,37-38H,1,18H2,2-4H3,(H,35,39,41)/t27-,28+,29-,30?/m0/s1. The van der Waals surface area contributed by atoms with E-state index in [0.717, 1.165) is 17.9 Å². The SMILES string of the molecule is C=C(C(=O)OC)c1cn([C@H]2C[C@H](O)[C@@H](C(O)C(c3ccccc3)(c3ccc(OC)cc3)c3ccc(OC)cc3)O2)c(=O)[nH]c1=O. The van der Waals surface area contributed by atoms with Gasteiger partial charge in [-0.15, -0.1) is 0 Å². The van der Waals surface area contributed by atoms with E-state index < -0.39 is 47.2 Å². The van der Waals surface area contributed by atoms with Gasteiger partial charge in [0.2, 0.25) is 0 Å². The van der Waals surface area contributed by atoms with E-state index in [0.29, 0.717) is 28.2 Å². The number of methoxy groups -OCH3 is 3. The van der Waals surface area contributed by atoms with Gasteiger partial charge in [0.1, 0.15) is 29.9 Å². The molecule has 11 heteroatoms. The Morgan fingerprint density at radius 2 is 1.47 bits per heavy atom. The third-order valence-electron chi connectivity index (χ3n) is 8.25. The molecule has 3 aromatic carbocycles. The van der Waals surface area contributed by atoms with Gasteiger partial charge in [-0.1, -0.05) is 61.2 Å². The molecule has 5 rings (SSSR count). The molecule has 0 amide bonds. The molecule has 3 N–H and O–H groups in total. The van der Waals surface area contributed by atoms with Gasteiger partial charge in [-0.2, -0.15) is 0 Å². The summed E-state index contributed by atoms with van der Waals surface area (Å²) in [5, 5.41) is 23.9. The number of ether oxygens (including phenoxy) is 4. The van der Waals surface area contributed by atoms with Gasteiger partial charge >= 0.3 is 11.7 Å². The summed E-state index contributed by atoms with van der Waals surface area (Å²) in [5.41, 5.74) is -1.32.